The van der Waals surface area contributed by atoms with Crippen LogP contribution in [0.2, 0.25) is 0 Å². The molecule has 4 aliphatic rings. The van der Waals surface area contributed by atoms with Gasteiger partial charge in [-0.25, -0.2) is 4.98 Å². The smallest absolute Gasteiger partial charge is 0.306 e. The third kappa shape index (κ3) is 22.9. The maximum Gasteiger partial charge on any atom is 0.306 e. The maximum absolute atomic E-state index is 14.8. The summed E-state index contributed by atoms with van der Waals surface area (Å²) in [6.45, 7) is 4.60. The number of aliphatic hydroxyl groups excluding tert-OH is 1. The highest BCUT2D eigenvalue weighted by atomic mass is 32.2. The average Bonchev–Trinajstić information content (AvgIpc) is 0.761. The van der Waals surface area contributed by atoms with E-state index in [0.29, 0.717) is 45.8 Å². The van der Waals surface area contributed by atoms with Crippen molar-refractivity contribution in [2.24, 2.45) is 23.1 Å². The molecule has 0 radical (unpaired) electrons. The zero-order chi connectivity index (χ0) is 89.4. The van der Waals surface area contributed by atoms with E-state index in [1.165, 1.54) is 63.4 Å². The molecule has 11 rings (SSSR count). The van der Waals surface area contributed by atoms with E-state index in [1.807, 2.05) is 35.2 Å². The van der Waals surface area contributed by atoms with Gasteiger partial charge in [0.25, 0.3) is 0 Å². The quantitative estimate of drug-likeness (QED) is 0.0180. The molecule has 2 aliphatic heterocycles. The lowest BCUT2D eigenvalue weighted by Gasteiger charge is -2.42. The van der Waals surface area contributed by atoms with E-state index in [1.54, 1.807) is 74.6 Å². The molecule has 660 valence electrons. The number of nitrogens with two attached hydrogens (primary N) is 3. The number of ketones is 3. The van der Waals surface area contributed by atoms with Crippen LogP contribution in [0, 0.1) is 5.92 Å². The fraction of sp³-hybridized carbons (Fsp3) is 0.430. The molecule has 2 fully saturated rings. The number of Topliss-reactive ketones (excluding diaryl/α,β-unsaturated/α-hetero) is 1. The number of phenols is 2. The largest absolute Gasteiger partial charge is 0.507 e. The minimum absolute atomic E-state index is 0.00234. The third-order valence-corrected chi connectivity index (χ3v) is 23.3. The van der Waals surface area contributed by atoms with E-state index < -0.39 is 247 Å². The van der Waals surface area contributed by atoms with Gasteiger partial charge in [-0.3, -0.25) is 72.0 Å². The molecule has 20 N–H and O–H groups in total. The van der Waals surface area contributed by atoms with Crippen LogP contribution in [0.25, 0.3) is 10.9 Å². The number of phenolic OH excluding ortho intramolecular Hbond substituents is 2. The number of rotatable bonds is 40. The highest BCUT2D eigenvalue weighted by molar-refractivity contribution is 7.99. The molecule has 37 nitrogen and oxygen atoms in total. The summed E-state index contributed by atoms with van der Waals surface area (Å²) < 4.78 is 22.9. The number of benzene rings is 5. The Morgan fingerprint density at radius 2 is 1.34 bits per heavy atom. The highest BCUT2D eigenvalue weighted by Gasteiger charge is 2.51. The summed E-state index contributed by atoms with van der Waals surface area (Å²) in [4.78, 5) is 207. The Morgan fingerprint density at radius 1 is 0.694 bits per heavy atom. The van der Waals surface area contributed by atoms with Gasteiger partial charge in [0, 0.05) is 134 Å². The summed E-state index contributed by atoms with van der Waals surface area (Å²) in [7, 11) is 1.27. The van der Waals surface area contributed by atoms with E-state index in [2.05, 4.69) is 57.5 Å². The van der Waals surface area contributed by atoms with Crippen molar-refractivity contribution in [1.82, 2.24) is 62.4 Å². The Kier molecular flexibility index (Phi) is 31.0. The molecule has 4 heterocycles. The summed E-state index contributed by atoms with van der Waals surface area (Å²) in [5, 5.41) is 69.1. The van der Waals surface area contributed by atoms with Crippen molar-refractivity contribution in [3.8, 4) is 17.2 Å². The number of hydrogen-bond donors (Lipinski definition) is 17. The van der Waals surface area contributed by atoms with Gasteiger partial charge in [-0.05, 0) is 67.9 Å². The molecule has 14 atom stereocenters. The van der Waals surface area contributed by atoms with Crippen LogP contribution < -0.4 is 64.5 Å². The van der Waals surface area contributed by atoms with Gasteiger partial charge < -0.3 is 109 Å². The highest BCUT2D eigenvalue weighted by Crippen LogP contribution is 2.53. The number of methoxy groups -OCH3 is 1. The van der Waals surface area contributed by atoms with Gasteiger partial charge in [-0.2, -0.15) is 0 Å². The van der Waals surface area contributed by atoms with Crippen molar-refractivity contribution in [3.05, 3.63) is 178 Å². The van der Waals surface area contributed by atoms with Crippen molar-refractivity contribution < 1.29 is 106 Å². The van der Waals surface area contributed by atoms with Crippen LogP contribution in [0.15, 0.2) is 122 Å². The Labute approximate surface area is 716 Å². The van der Waals surface area contributed by atoms with Crippen molar-refractivity contribution in [2.75, 3.05) is 38.4 Å². The number of aromatic hydroxyl groups is 2. The van der Waals surface area contributed by atoms with Gasteiger partial charge in [-0.15, -0.1) is 11.8 Å². The number of H-pyrrole nitrogens is 2. The van der Waals surface area contributed by atoms with Crippen LogP contribution in [-0.4, -0.2) is 240 Å². The molecule has 38 heteroatoms. The number of thioether (sulfide) groups is 1. The number of nitrogens with zero attached hydrogens (tertiary/aromatic N) is 2. The molecule has 2 saturated heterocycles. The minimum atomic E-state index is -2.58. The van der Waals surface area contributed by atoms with Crippen LogP contribution in [0.3, 0.4) is 0 Å². The Hall–Kier alpha value is -12.5. The van der Waals surface area contributed by atoms with E-state index in [-0.39, 0.29) is 66.7 Å². The first kappa shape index (κ1) is 92.3. The number of para-hydroxylation sites is 1. The van der Waals surface area contributed by atoms with E-state index >= 15 is 0 Å². The van der Waals surface area contributed by atoms with Crippen molar-refractivity contribution >= 4 is 105 Å². The van der Waals surface area contributed by atoms with E-state index in [9.17, 15) is 87.5 Å². The van der Waals surface area contributed by atoms with E-state index in [4.69, 9.17) is 36.1 Å². The topological polar surface area (TPSA) is 579 Å². The first-order valence-electron chi connectivity index (χ1n) is 40.6. The van der Waals surface area contributed by atoms with Gasteiger partial charge in [0.15, 0.2) is 18.7 Å². The molecule has 0 saturated carbocycles. The Balaban J connectivity index is 0.719. The molecule has 0 spiro atoms. The van der Waals surface area contributed by atoms with Gasteiger partial charge >= 0.3 is 5.97 Å². The number of hydrogen-bond acceptors (Lipinski definition) is 26. The summed E-state index contributed by atoms with van der Waals surface area (Å²) in [6.07, 6.45) is -4.22. The summed E-state index contributed by atoms with van der Waals surface area (Å²) >= 11 is 1.53. The third-order valence-electron chi connectivity index (χ3n) is 22.3. The van der Waals surface area contributed by atoms with Crippen molar-refractivity contribution in [3.63, 3.8) is 0 Å². The number of nitrogens with one attached hydrogen (secondary N) is 10. The number of carbonyl (C=O) groups excluding carboxylic acids is 14. The van der Waals surface area contributed by atoms with Gasteiger partial charge in [0.2, 0.25) is 70.6 Å². The minimum Gasteiger partial charge on any atom is -0.507 e. The number of primary amides is 2. The molecule has 2 aliphatic carbocycles. The number of esters is 1. The molecule has 2 aromatic heterocycles. The number of ether oxygens (including phenoxy) is 4. The van der Waals surface area contributed by atoms with Gasteiger partial charge in [0.1, 0.15) is 59.1 Å². The maximum atomic E-state index is 14.8. The summed E-state index contributed by atoms with van der Waals surface area (Å²) in [5.41, 5.74) is 15.9. The first-order valence-corrected chi connectivity index (χ1v) is 41.8. The number of aromatic nitrogens is 3. The molecule has 0 bridgehead atoms. The monoisotopic (exact) mass is 1730 g/mol. The molecule has 1 unspecified atom stereocenters. The van der Waals surface area contributed by atoms with Crippen LogP contribution in [0.1, 0.15) is 144 Å². The number of imidazole rings is 1. The van der Waals surface area contributed by atoms with Gasteiger partial charge in [0.05, 0.1) is 61.0 Å². The molecular formula is C86H103N15O22S. The zero-order valence-corrected chi connectivity index (χ0v) is 69.6. The number of aliphatic hydroxyl groups is 2. The van der Waals surface area contributed by atoms with Crippen LogP contribution >= 0.6 is 11.8 Å². The fourth-order valence-corrected chi connectivity index (χ4v) is 16.8. The van der Waals surface area contributed by atoms with E-state index in [0.717, 1.165) is 5.56 Å². The second-order valence-electron chi connectivity index (χ2n) is 31.7. The molecule has 124 heavy (non-hydrogen) atoms. The Morgan fingerprint density at radius 3 is 2.02 bits per heavy atom. The first-order chi connectivity index (χ1) is 59.2. The normalized spacial score (nSPS) is 20.2. The van der Waals surface area contributed by atoms with Crippen LogP contribution in [0.4, 0.5) is 0 Å². The second kappa shape index (κ2) is 41.6. The number of carbonyl (C=O) groups is 14. The average molecular weight is 1730 g/mol. The number of amides is 10. The molecule has 7 aromatic rings. The lowest BCUT2D eigenvalue weighted by atomic mass is 9.72. The SMILES string of the molecule is COc1cccc2c1C(=O)c1c(O)c3c(c(O)c1C2=O)C[C@@](O)(C(=O)COC(=O)CCCC(=O)N[C@H](Cc1ccccc1)C(=O)N[C@@H](CCC(N)=O)C(=O)N[C@@H](Cc1c[nH]c2ccccc12)C(=O)N[C@@H](C)C(=O)N[C@H](C(=O)NCC(=O)N[C@@H](Cc1cnc[nH]1)C(=O)N[C@@H](Cc1ccccc1)CN1CSCC1C(N)=O)C(C)C)C[C@@H]3O[C@H]1C[C@H](N)[C@H](O)[C@H](C)O1. The predicted octanol–water partition coefficient (Wildman–Crippen LogP) is 0.209. The Bertz CT molecular complexity index is 5120. The fourth-order valence-electron chi connectivity index (χ4n) is 15.6. The summed E-state index contributed by atoms with van der Waals surface area (Å²) in [6, 6.07) is 18.4. The lowest BCUT2D eigenvalue weighted by Crippen LogP contribution is -2.60. The standard InChI is InChI=1S/C86H103N15O22S/c1-43(2)73(85(118)92-37-66(105)97-59(31-49-36-90-41-93-49)83(116)95-50(28-46-16-8-6-9-17-46)38-101-42-124-40-60(101)79(89)112)100-80(113)44(3)94-82(115)58(30-48-35-91-55-22-13-12-20-51(48)55)99-81(114)56(26-27-64(88)103)98-84(117)57(29-47-18-10-7-11-19-47)96-65(104)24-15-25-67(106)121-39-63(102)86(119)33-53-70(62(34-86)123-68-32-54(87)74(107)45(4)122-68)78(111)72-71(76(53)109)75(108)52-21-14-23-61(120-5)69(52)77(72)110/h6-14,16-23,35-36,41,43-45,50,54,56-60,62,68,73-74,91,107,109,111,119H,15,24-34,37-40,42,87H2,1-5H3,(H2,88,103)(H2,89,112)(H,90,93)(H,92,118)(H,94,115)(H,95,116)(H,96,104)(H,97,105)(H,98,117)(H,99,114)(H,100,113)/t44-,45-,50-,54-,56-,57+,58-,59-,60?,62-,68-,73-,74+,86-/m0/s1. The van der Waals surface area contributed by atoms with Gasteiger partial charge in [-0.1, -0.05) is 105 Å². The predicted molar refractivity (Wildman–Crippen MR) is 447 cm³/mol. The zero-order valence-electron chi connectivity index (χ0n) is 68.8. The van der Waals surface area contributed by atoms with Crippen molar-refractivity contribution in [1.29, 1.82) is 0 Å². The molecule has 10 amide bonds. The second-order valence-corrected chi connectivity index (χ2v) is 32.7. The number of aromatic amines is 2. The van der Waals surface area contributed by atoms with Crippen molar-refractivity contribution in [2.45, 2.75) is 189 Å². The molecule has 5 aromatic carbocycles. The number of fused-ring (bicyclic) bond motifs is 4. The van der Waals surface area contributed by atoms with Crippen LogP contribution in [0.5, 0.6) is 17.2 Å². The lowest BCUT2D eigenvalue weighted by molar-refractivity contribution is -0.247. The van der Waals surface area contributed by atoms with Crippen LogP contribution in [-0.2, 0) is 104 Å². The summed E-state index contributed by atoms with van der Waals surface area (Å²) in [5.74, 6) is -13.3. The molecular weight excluding hydrogens is 1630 g/mol.